The van der Waals surface area contributed by atoms with Gasteiger partial charge in [0.05, 0.1) is 0 Å². The summed E-state index contributed by atoms with van der Waals surface area (Å²) in [6.45, 7) is 10.9. The van der Waals surface area contributed by atoms with Crippen molar-refractivity contribution < 1.29 is 0 Å². The van der Waals surface area contributed by atoms with Crippen molar-refractivity contribution in [3.05, 3.63) is 94.1 Å². The molecule has 4 rings (SSSR count). The standard InChI is InChI=1S/C26H25I/c1-5-6-7-24-17(2)23-13-11-21(16-25(23)26(24,3)4)18-8-9-20-15-22(27)12-10-19(20)14-18/h5-17,24H,1H2,2-4H3/b7-6-/t17-,24?/m0/s1. The van der Waals surface area contributed by atoms with E-state index in [2.05, 4.69) is 117 Å². The van der Waals surface area contributed by atoms with Gasteiger partial charge >= 0.3 is 0 Å². The van der Waals surface area contributed by atoms with Crippen molar-refractivity contribution in [1.29, 1.82) is 0 Å². The molecule has 2 atom stereocenters. The van der Waals surface area contributed by atoms with Crippen LogP contribution in [-0.4, -0.2) is 0 Å². The Morgan fingerprint density at radius 2 is 1.59 bits per heavy atom. The Hall–Kier alpha value is -1.87. The average Bonchev–Trinajstić information content (AvgIpc) is 2.85. The molecule has 0 spiro atoms. The van der Waals surface area contributed by atoms with Crippen molar-refractivity contribution in [1.82, 2.24) is 0 Å². The predicted molar refractivity (Wildman–Crippen MR) is 126 cm³/mol. The minimum Gasteiger partial charge on any atom is -0.0991 e. The van der Waals surface area contributed by atoms with E-state index in [0.29, 0.717) is 11.8 Å². The third kappa shape index (κ3) is 3.16. The smallest absolute Gasteiger partial charge is 0.0136 e. The second kappa shape index (κ2) is 6.94. The van der Waals surface area contributed by atoms with Crippen molar-refractivity contribution in [2.75, 3.05) is 0 Å². The van der Waals surface area contributed by atoms with Crippen LogP contribution in [0.1, 0.15) is 37.8 Å². The second-order valence-corrected chi connectivity index (χ2v) is 9.41. The monoisotopic (exact) mass is 464 g/mol. The Kier molecular flexibility index (Phi) is 4.75. The minimum absolute atomic E-state index is 0.122. The lowest BCUT2D eigenvalue weighted by Gasteiger charge is -2.28. The topological polar surface area (TPSA) is 0 Å². The van der Waals surface area contributed by atoms with Crippen molar-refractivity contribution in [2.45, 2.75) is 32.1 Å². The van der Waals surface area contributed by atoms with E-state index < -0.39 is 0 Å². The van der Waals surface area contributed by atoms with Crippen LogP contribution >= 0.6 is 22.6 Å². The van der Waals surface area contributed by atoms with E-state index >= 15 is 0 Å². The summed E-state index contributed by atoms with van der Waals surface area (Å²) in [5, 5.41) is 2.60. The van der Waals surface area contributed by atoms with Gasteiger partial charge in [0.2, 0.25) is 0 Å². The SMILES string of the molecule is C=C/C=C\C1[C@@H](C)c2ccc(-c3ccc4cc(I)ccc4c3)cc2C1(C)C. The molecule has 0 bridgehead atoms. The molecule has 0 amide bonds. The Balaban J connectivity index is 1.79. The van der Waals surface area contributed by atoms with Crippen LogP contribution < -0.4 is 0 Å². The number of halogens is 1. The first-order chi connectivity index (χ1) is 12.9. The molecular formula is C26H25I. The van der Waals surface area contributed by atoms with Gasteiger partial charge in [-0.2, -0.15) is 0 Å². The minimum atomic E-state index is 0.122. The van der Waals surface area contributed by atoms with E-state index in [1.165, 1.54) is 36.6 Å². The number of allylic oxidation sites excluding steroid dienone is 3. The molecule has 0 heterocycles. The molecule has 0 aliphatic heterocycles. The van der Waals surface area contributed by atoms with Crippen molar-refractivity contribution in [3.8, 4) is 11.1 Å². The van der Waals surface area contributed by atoms with Crippen LogP contribution in [0, 0.1) is 9.49 Å². The van der Waals surface area contributed by atoms with E-state index in [9.17, 15) is 0 Å². The summed E-state index contributed by atoms with van der Waals surface area (Å²) in [5.74, 6) is 1.03. The maximum absolute atomic E-state index is 3.84. The molecule has 136 valence electrons. The fourth-order valence-electron chi connectivity index (χ4n) is 4.69. The Bertz CT molecular complexity index is 1050. The number of hydrogen-bond acceptors (Lipinski definition) is 0. The van der Waals surface area contributed by atoms with Crippen molar-refractivity contribution in [2.24, 2.45) is 5.92 Å². The zero-order chi connectivity index (χ0) is 19.2. The fraction of sp³-hybridized carbons (Fsp3) is 0.231. The van der Waals surface area contributed by atoms with Crippen LogP contribution in [0.25, 0.3) is 21.9 Å². The summed E-state index contributed by atoms with van der Waals surface area (Å²) in [7, 11) is 0. The molecule has 0 radical (unpaired) electrons. The molecule has 1 aliphatic carbocycles. The van der Waals surface area contributed by atoms with E-state index in [1.807, 2.05) is 6.08 Å². The summed E-state index contributed by atoms with van der Waals surface area (Å²) >= 11 is 2.37. The van der Waals surface area contributed by atoms with Crippen molar-refractivity contribution >= 4 is 33.4 Å². The number of benzene rings is 3. The van der Waals surface area contributed by atoms with Gasteiger partial charge in [-0.05, 0) is 91.1 Å². The van der Waals surface area contributed by atoms with Gasteiger partial charge in [-0.1, -0.05) is 82.0 Å². The highest BCUT2D eigenvalue weighted by Crippen LogP contribution is 2.51. The lowest BCUT2D eigenvalue weighted by molar-refractivity contribution is 0.381. The van der Waals surface area contributed by atoms with Crippen LogP contribution in [0.3, 0.4) is 0 Å². The van der Waals surface area contributed by atoms with Crippen LogP contribution in [0.5, 0.6) is 0 Å². The molecule has 1 heteroatoms. The Morgan fingerprint density at radius 3 is 2.37 bits per heavy atom. The summed E-state index contributed by atoms with van der Waals surface area (Å²) in [5.41, 5.74) is 5.69. The second-order valence-electron chi connectivity index (χ2n) is 8.17. The molecule has 0 saturated heterocycles. The molecule has 0 nitrogen and oxygen atoms in total. The highest BCUT2D eigenvalue weighted by Gasteiger charge is 2.42. The van der Waals surface area contributed by atoms with Gasteiger partial charge in [-0.25, -0.2) is 0 Å². The Morgan fingerprint density at radius 1 is 0.926 bits per heavy atom. The largest absolute Gasteiger partial charge is 0.0991 e. The van der Waals surface area contributed by atoms with Crippen LogP contribution in [0.2, 0.25) is 0 Å². The molecule has 0 N–H and O–H groups in total. The zero-order valence-corrected chi connectivity index (χ0v) is 18.3. The van der Waals surface area contributed by atoms with E-state index in [1.54, 1.807) is 0 Å². The zero-order valence-electron chi connectivity index (χ0n) is 16.2. The lowest BCUT2D eigenvalue weighted by Crippen LogP contribution is -2.23. The summed E-state index contributed by atoms with van der Waals surface area (Å²) in [4.78, 5) is 0. The van der Waals surface area contributed by atoms with E-state index in [0.717, 1.165) is 0 Å². The first kappa shape index (κ1) is 18.5. The quantitative estimate of drug-likeness (QED) is 0.273. The first-order valence-electron chi connectivity index (χ1n) is 9.55. The normalized spacial score (nSPS) is 20.9. The third-order valence-electron chi connectivity index (χ3n) is 6.20. The van der Waals surface area contributed by atoms with Crippen LogP contribution in [0.15, 0.2) is 79.4 Å². The molecule has 0 saturated carbocycles. The average molecular weight is 464 g/mol. The fourth-order valence-corrected chi connectivity index (χ4v) is 5.21. The van der Waals surface area contributed by atoms with E-state index in [4.69, 9.17) is 0 Å². The molecule has 3 aromatic rings. The molecule has 0 fully saturated rings. The summed E-state index contributed by atoms with van der Waals surface area (Å²) < 4.78 is 1.28. The molecular weight excluding hydrogens is 439 g/mol. The summed E-state index contributed by atoms with van der Waals surface area (Å²) in [6.07, 6.45) is 6.31. The first-order valence-corrected chi connectivity index (χ1v) is 10.6. The maximum atomic E-state index is 3.84. The number of hydrogen-bond donors (Lipinski definition) is 0. The summed E-state index contributed by atoms with van der Waals surface area (Å²) in [6, 6.07) is 20.5. The Labute approximate surface area is 176 Å². The van der Waals surface area contributed by atoms with Gasteiger partial charge in [-0.15, -0.1) is 0 Å². The van der Waals surface area contributed by atoms with Crippen molar-refractivity contribution in [3.63, 3.8) is 0 Å². The van der Waals surface area contributed by atoms with E-state index in [-0.39, 0.29) is 5.41 Å². The molecule has 0 aromatic heterocycles. The van der Waals surface area contributed by atoms with Crippen LogP contribution in [0.4, 0.5) is 0 Å². The van der Waals surface area contributed by atoms with Gasteiger partial charge in [0.25, 0.3) is 0 Å². The third-order valence-corrected chi connectivity index (χ3v) is 6.87. The predicted octanol–water partition coefficient (Wildman–Crippen LogP) is 7.86. The lowest BCUT2D eigenvalue weighted by atomic mass is 9.76. The van der Waals surface area contributed by atoms with Gasteiger partial charge in [-0.3, -0.25) is 0 Å². The number of rotatable bonds is 3. The maximum Gasteiger partial charge on any atom is 0.0136 e. The van der Waals surface area contributed by atoms with Gasteiger partial charge in [0.1, 0.15) is 0 Å². The van der Waals surface area contributed by atoms with Gasteiger partial charge in [0.15, 0.2) is 0 Å². The highest BCUT2D eigenvalue weighted by atomic mass is 127. The molecule has 27 heavy (non-hydrogen) atoms. The molecule has 1 unspecified atom stereocenters. The van der Waals surface area contributed by atoms with Gasteiger partial charge in [0, 0.05) is 3.57 Å². The highest BCUT2D eigenvalue weighted by molar-refractivity contribution is 14.1. The van der Waals surface area contributed by atoms with Crippen LogP contribution in [-0.2, 0) is 5.41 Å². The molecule has 3 aromatic carbocycles. The molecule has 1 aliphatic rings. The number of fused-ring (bicyclic) bond motifs is 2. The van der Waals surface area contributed by atoms with Gasteiger partial charge < -0.3 is 0 Å².